The quantitative estimate of drug-likeness (QED) is 0.637. The van der Waals surface area contributed by atoms with Gasteiger partial charge in [-0.2, -0.15) is 0 Å². The molecule has 150 valence electrons. The van der Waals surface area contributed by atoms with E-state index in [4.69, 9.17) is 0 Å². The van der Waals surface area contributed by atoms with Gasteiger partial charge in [-0.05, 0) is 68.5 Å². The first kappa shape index (κ1) is 20.0. The van der Waals surface area contributed by atoms with Gasteiger partial charge in [-0.1, -0.05) is 12.5 Å². The maximum atomic E-state index is 4.55. The summed E-state index contributed by atoms with van der Waals surface area (Å²) in [5.41, 5.74) is 3.92. The van der Waals surface area contributed by atoms with Crippen LogP contribution >= 0.6 is 0 Å². The zero-order chi connectivity index (χ0) is 19.2. The summed E-state index contributed by atoms with van der Waals surface area (Å²) in [6, 6.07) is 6.68. The monoisotopic (exact) mass is 371 g/mol. The molecule has 2 saturated heterocycles. The Balaban J connectivity index is 1.51. The van der Waals surface area contributed by atoms with Gasteiger partial charge in [0.25, 0.3) is 0 Å². The molecule has 1 unspecified atom stereocenters. The van der Waals surface area contributed by atoms with Crippen LogP contribution < -0.4 is 10.2 Å². The molecule has 2 aliphatic heterocycles. The molecule has 2 fully saturated rings. The number of aryl methyl sites for hydroxylation is 1. The van der Waals surface area contributed by atoms with Crippen molar-refractivity contribution in [2.45, 2.75) is 39.2 Å². The van der Waals surface area contributed by atoms with Crippen molar-refractivity contribution in [3.05, 3.63) is 29.3 Å². The van der Waals surface area contributed by atoms with Gasteiger partial charge < -0.3 is 20.0 Å². The second-order valence-corrected chi connectivity index (χ2v) is 8.37. The molecule has 2 aliphatic rings. The fourth-order valence-electron chi connectivity index (χ4n) is 4.34. The van der Waals surface area contributed by atoms with Crippen molar-refractivity contribution in [1.29, 1.82) is 0 Å². The molecule has 2 heterocycles. The summed E-state index contributed by atoms with van der Waals surface area (Å²) in [5.74, 6) is 1.83. The van der Waals surface area contributed by atoms with Gasteiger partial charge in [0.1, 0.15) is 0 Å². The molecule has 5 heteroatoms. The van der Waals surface area contributed by atoms with Crippen LogP contribution in [0, 0.1) is 12.8 Å². The minimum Gasteiger partial charge on any atom is -0.378 e. The number of benzene rings is 1. The second kappa shape index (κ2) is 9.45. The van der Waals surface area contributed by atoms with E-state index in [2.05, 4.69) is 64.2 Å². The highest BCUT2D eigenvalue weighted by Gasteiger charge is 2.26. The molecule has 1 atom stereocenters. The third-order valence-corrected chi connectivity index (χ3v) is 6.04. The lowest BCUT2D eigenvalue weighted by molar-refractivity contribution is 0.198. The Morgan fingerprint density at radius 2 is 1.96 bits per heavy atom. The molecule has 3 rings (SSSR count). The standard InChI is InChI=1S/C22H37N5/c1-18-14-21(25(3)4)9-8-20(18)15-24-22(23-2)27-13-10-19(17-27)16-26-11-6-5-7-12-26/h8-9,14,19H,5-7,10-13,15-17H2,1-4H3,(H,23,24). The Bertz CT molecular complexity index is 634. The lowest BCUT2D eigenvalue weighted by Gasteiger charge is -2.29. The molecule has 5 nitrogen and oxygen atoms in total. The second-order valence-electron chi connectivity index (χ2n) is 8.37. The van der Waals surface area contributed by atoms with Gasteiger partial charge >= 0.3 is 0 Å². The summed E-state index contributed by atoms with van der Waals surface area (Å²) in [6.45, 7) is 9.14. The number of nitrogens with zero attached hydrogens (tertiary/aromatic N) is 4. The number of guanidine groups is 1. The maximum Gasteiger partial charge on any atom is 0.193 e. The Hall–Kier alpha value is -1.75. The van der Waals surface area contributed by atoms with E-state index >= 15 is 0 Å². The number of hydrogen-bond acceptors (Lipinski definition) is 3. The summed E-state index contributed by atoms with van der Waals surface area (Å²) in [6.07, 6.45) is 5.46. The first-order valence-electron chi connectivity index (χ1n) is 10.5. The third kappa shape index (κ3) is 5.38. The van der Waals surface area contributed by atoms with E-state index < -0.39 is 0 Å². The van der Waals surface area contributed by atoms with Crippen molar-refractivity contribution in [3.8, 4) is 0 Å². The summed E-state index contributed by atoms with van der Waals surface area (Å²) < 4.78 is 0. The van der Waals surface area contributed by atoms with Gasteiger partial charge in [0.2, 0.25) is 0 Å². The van der Waals surface area contributed by atoms with Crippen molar-refractivity contribution in [3.63, 3.8) is 0 Å². The van der Waals surface area contributed by atoms with E-state index in [1.54, 1.807) is 0 Å². The minimum atomic E-state index is 0.780. The molecule has 0 spiro atoms. The predicted molar refractivity (Wildman–Crippen MR) is 116 cm³/mol. The Morgan fingerprint density at radius 3 is 2.63 bits per heavy atom. The number of rotatable bonds is 5. The summed E-state index contributed by atoms with van der Waals surface area (Å²) in [5, 5.41) is 3.59. The molecule has 0 aromatic heterocycles. The molecule has 0 saturated carbocycles. The number of likely N-dealkylation sites (tertiary alicyclic amines) is 2. The van der Waals surface area contributed by atoms with Gasteiger partial charge in [0, 0.05) is 53.0 Å². The highest BCUT2D eigenvalue weighted by Crippen LogP contribution is 2.21. The summed E-state index contributed by atoms with van der Waals surface area (Å²) in [7, 11) is 6.08. The molecule has 0 bridgehead atoms. The fraction of sp³-hybridized carbons (Fsp3) is 0.682. The zero-order valence-electron chi connectivity index (χ0n) is 17.7. The Kier molecular flexibility index (Phi) is 7.00. The van der Waals surface area contributed by atoms with Crippen LogP contribution in [0.25, 0.3) is 0 Å². The average molecular weight is 372 g/mol. The third-order valence-electron chi connectivity index (χ3n) is 6.04. The van der Waals surface area contributed by atoms with Crippen LogP contribution in [0.4, 0.5) is 5.69 Å². The minimum absolute atomic E-state index is 0.780. The van der Waals surface area contributed by atoms with Crippen LogP contribution in [0.15, 0.2) is 23.2 Å². The number of piperidine rings is 1. The molecule has 1 N–H and O–H groups in total. The number of hydrogen-bond donors (Lipinski definition) is 1. The predicted octanol–water partition coefficient (Wildman–Crippen LogP) is 2.94. The van der Waals surface area contributed by atoms with Gasteiger partial charge in [-0.15, -0.1) is 0 Å². The Morgan fingerprint density at radius 1 is 1.19 bits per heavy atom. The van der Waals surface area contributed by atoms with Crippen LogP contribution in [0.5, 0.6) is 0 Å². The van der Waals surface area contributed by atoms with Gasteiger partial charge in [-0.3, -0.25) is 4.99 Å². The van der Waals surface area contributed by atoms with E-state index in [1.165, 1.54) is 62.1 Å². The lowest BCUT2D eigenvalue weighted by atomic mass is 10.1. The van der Waals surface area contributed by atoms with Gasteiger partial charge in [0.05, 0.1) is 0 Å². The molecular formula is C22H37N5. The van der Waals surface area contributed by atoms with Gasteiger partial charge in [0.15, 0.2) is 5.96 Å². The SMILES string of the molecule is CN=C(NCc1ccc(N(C)C)cc1C)N1CCC(CN2CCCCC2)C1. The summed E-state index contributed by atoms with van der Waals surface area (Å²) >= 11 is 0. The first-order chi connectivity index (χ1) is 13.1. The fourth-order valence-corrected chi connectivity index (χ4v) is 4.34. The molecule has 1 aromatic carbocycles. The van der Waals surface area contributed by atoms with Crippen LogP contribution in [0.3, 0.4) is 0 Å². The van der Waals surface area contributed by atoms with Crippen molar-refractivity contribution < 1.29 is 0 Å². The topological polar surface area (TPSA) is 34.1 Å². The van der Waals surface area contributed by atoms with Crippen molar-refractivity contribution in [2.75, 3.05) is 58.8 Å². The van der Waals surface area contributed by atoms with Crippen molar-refractivity contribution in [1.82, 2.24) is 15.1 Å². The molecular weight excluding hydrogens is 334 g/mol. The van der Waals surface area contributed by atoms with Gasteiger partial charge in [-0.25, -0.2) is 0 Å². The highest BCUT2D eigenvalue weighted by atomic mass is 15.3. The van der Waals surface area contributed by atoms with Crippen LogP contribution in [-0.4, -0.2) is 69.6 Å². The lowest BCUT2D eigenvalue weighted by Crippen LogP contribution is -2.41. The van der Waals surface area contributed by atoms with Crippen LogP contribution in [0.2, 0.25) is 0 Å². The molecule has 0 radical (unpaired) electrons. The van der Waals surface area contributed by atoms with Crippen LogP contribution in [0.1, 0.15) is 36.8 Å². The zero-order valence-corrected chi connectivity index (χ0v) is 17.7. The average Bonchev–Trinajstić information content (AvgIpc) is 3.12. The smallest absolute Gasteiger partial charge is 0.193 e. The summed E-state index contributed by atoms with van der Waals surface area (Å²) in [4.78, 5) is 11.8. The molecule has 0 amide bonds. The molecule has 0 aliphatic carbocycles. The number of aliphatic imine (C=N–C) groups is 1. The highest BCUT2D eigenvalue weighted by molar-refractivity contribution is 5.80. The number of anilines is 1. The number of nitrogens with one attached hydrogen (secondary N) is 1. The maximum absolute atomic E-state index is 4.55. The van der Waals surface area contributed by atoms with Crippen LogP contribution in [-0.2, 0) is 6.54 Å². The van der Waals surface area contributed by atoms with E-state index in [-0.39, 0.29) is 0 Å². The van der Waals surface area contributed by atoms with Crippen molar-refractivity contribution >= 4 is 11.6 Å². The first-order valence-corrected chi connectivity index (χ1v) is 10.5. The van der Waals surface area contributed by atoms with E-state index in [9.17, 15) is 0 Å². The Labute approximate surface area is 165 Å². The molecule has 27 heavy (non-hydrogen) atoms. The normalized spacial score (nSPS) is 21.6. The molecule has 1 aromatic rings. The van der Waals surface area contributed by atoms with Crippen molar-refractivity contribution in [2.24, 2.45) is 10.9 Å². The largest absolute Gasteiger partial charge is 0.378 e. The van der Waals surface area contributed by atoms with E-state index in [1.807, 2.05) is 7.05 Å². The van der Waals surface area contributed by atoms with E-state index in [0.29, 0.717) is 0 Å². The van der Waals surface area contributed by atoms with E-state index in [0.717, 1.165) is 31.5 Å².